The summed E-state index contributed by atoms with van der Waals surface area (Å²) in [6.45, 7) is 10.1. The number of rotatable bonds is 3. The zero-order chi connectivity index (χ0) is 10.7. The van der Waals surface area contributed by atoms with E-state index in [1.807, 2.05) is 13.0 Å². The minimum absolute atomic E-state index is 0.411. The van der Waals surface area contributed by atoms with Crippen LogP contribution >= 0.6 is 0 Å². The van der Waals surface area contributed by atoms with E-state index in [4.69, 9.17) is 0 Å². The topological polar surface area (TPSA) is 20.2 Å². The first-order chi connectivity index (χ1) is 6.61. The normalized spacial score (nSPS) is 10.2. The van der Waals surface area contributed by atoms with E-state index in [9.17, 15) is 5.11 Å². The van der Waals surface area contributed by atoms with E-state index in [0.29, 0.717) is 5.75 Å². The van der Waals surface area contributed by atoms with E-state index < -0.39 is 0 Å². The molecule has 0 aliphatic heterocycles. The van der Waals surface area contributed by atoms with Crippen LogP contribution in [0.5, 0.6) is 5.75 Å². The standard InChI is InChI=1S/C13H18O/c1-5-10-11(6-2)13(14)8-7-12(10)9(3)4/h7-8,14H,3,5-6H2,1-2,4H3. The molecule has 0 saturated heterocycles. The monoisotopic (exact) mass is 190 g/mol. The molecule has 1 nitrogen and oxygen atoms in total. The molecule has 1 heteroatoms. The summed E-state index contributed by atoms with van der Waals surface area (Å²) >= 11 is 0. The number of benzene rings is 1. The van der Waals surface area contributed by atoms with Gasteiger partial charge < -0.3 is 5.11 Å². The lowest BCUT2D eigenvalue weighted by Crippen LogP contribution is -1.97. The van der Waals surface area contributed by atoms with Gasteiger partial charge in [-0.05, 0) is 42.5 Å². The fourth-order valence-electron chi connectivity index (χ4n) is 1.88. The second-order valence-corrected chi connectivity index (χ2v) is 3.58. The minimum Gasteiger partial charge on any atom is -0.508 e. The molecule has 0 aliphatic carbocycles. The van der Waals surface area contributed by atoms with Crippen molar-refractivity contribution >= 4 is 5.57 Å². The van der Waals surface area contributed by atoms with Crippen LogP contribution in [0.1, 0.15) is 37.5 Å². The highest BCUT2D eigenvalue weighted by Crippen LogP contribution is 2.28. The van der Waals surface area contributed by atoms with Gasteiger partial charge >= 0.3 is 0 Å². The highest BCUT2D eigenvalue weighted by molar-refractivity contribution is 5.67. The first-order valence-electron chi connectivity index (χ1n) is 5.11. The van der Waals surface area contributed by atoms with Crippen molar-refractivity contribution in [2.45, 2.75) is 33.6 Å². The third-order valence-corrected chi connectivity index (χ3v) is 2.57. The predicted octanol–water partition coefficient (Wildman–Crippen LogP) is 3.55. The quantitative estimate of drug-likeness (QED) is 0.772. The van der Waals surface area contributed by atoms with Crippen molar-refractivity contribution in [3.63, 3.8) is 0 Å². The van der Waals surface area contributed by atoms with E-state index in [0.717, 1.165) is 24.0 Å². The Balaban J connectivity index is 3.40. The van der Waals surface area contributed by atoms with Crippen LogP contribution in [0.15, 0.2) is 18.7 Å². The van der Waals surface area contributed by atoms with Gasteiger partial charge in [0.25, 0.3) is 0 Å². The van der Waals surface area contributed by atoms with E-state index in [1.54, 1.807) is 6.07 Å². The van der Waals surface area contributed by atoms with E-state index in [2.05, 4.69) is 20.4 Å². The Hall–Kier alpha value is -1.24. The Morgan fingerprint density at radius 3 is 2.21 bits per heavy atom. The number of phenolic OH excluding ortho intramolecular Hbond substituents is 1. The predicted molar refractivity (Wildman–Crippen MR) is 61.6 cm³/mol. The molecule has 0 atom stereocenters. The molecule has 0 fully saturated rings. The zero-order valence-electron chi connectivity index (χ0n) is 9.22. The Bertz CT molecular complexity index is 350. The number of phenols is 1. The first-order valence-corrected chi connectivity index (χ1v) is 5.11. The van der Waals surface area contributed by atoms with Gasteiger partial charge in [-0.1, -0.05) is 32.1 Å². The van der Waals surface area contributed by atoms with Gasteiger partial charge in [0.2, 0.25) is 0 Å². The van der Waals surface area contributed by atoms with Gasteiger partial charge in [-0.2, -0.15) is 0 Å². The van der Waals surface area contributed by atoms with Gasteiger partial charge in [0.15, 0.2) is 0 Å². The number of allylic oxidation sites excluding steroid dienone is 1. The SMILES string of the molecule is C=C(C)c1ccc(O)c(CC)c1CC. The second kappa shape index (κ2) is 4.32. The molecule has 0 spiro atoms. The van der Waals surface area contributed by atoms with Gasteiger partial charge in [0.05, 0.1) is 0 Å². The van der Waals surface area contributed by atoms with Gasteiger partial charge in [-0.3, -0.25) is 0 Å². The second-order valence-electron chi connectivity index (χ2n) is 3.58. The average molecular weight is 190 g/mol. The highest BCUT2D eigenvalue weighted by atomic mass is 16.3. The highest BCUT2D eigenvalue weighted by Gasteiger charge is 2.09. The molecule has 1 N–H and O–H groups in total. The maximum absolute atomic E-state index is 9.70. The van der Waals surface area contributed by atoms with Crippen molar-refractivity contribution in [3.05, 3.63) is 35.4 Å². The molecule has 0 bridgehead atoms. The third-order valence-electron chi connectivity index (χ3n) is 2.57. The van der Waals surface area contributed by atoms with Crippen LogP contribution in [-0.2, 0) is 12.8 Å². The van der Waals surface area contributed by atoms with Crippen molar-refractivity contribution in [1.82, 2.24) is 0 Å². The van der Waals surface area contributed by atoms with E-state index in [-0.39, 0.29) is 0 Å². The Morgan fingerprint density at radius 2 is 1.79 bits per heavy atom. The average Bonchev–Trinajstić information content (AvgIpc) is 2.16. The molecular weight excluding hydrogens is 172 g/mol. The lowest BCUT2D eigenvalue weighted by molar-refractivity contribution is 0.467. The van der Waals surface area contributed by atoms with E-state index in [1.165, 1.54) is 11.1 Å². The molecule has 1 rings (SSSR count). The summed E-state index contributed by atoms with van der Waals surface area (Å²) in [5.41, 5.74) is 4.55. The Labute approximate surface area is 86.1 Å². The summed E-state index contributed by atoms with van der Waals surface area (Å²) < 4.78 is 0. The van der Waals surface area contributed by atoms with Crippen molar-refractivity contribution in [2.24, 2.45) is 0 Å². The molecule has 0 heterocycles. The minimum atomic E-state index is 0.411. The van der Waals surface area contributed by atoms with Crippen LogP contribution in [0.3, 0.4) is 0 Å². The summed E-state index contributed by atoms with van der Waals surface area (Å²) in [6, 6.07) is 3.72. The zero-order valence-corrected chi connectivity index (χ0v) is 9.22. The Morgan fingerprint density at radius 1 is 1.21 bits per heavy atom. The van der Waals surface area contributed by atoms with Gasteiger partial charge in [0.1, 0.15) is 5.75 Å². The van der Waals surface area contributed by atoms with E-state index >= 15 is 0 Å². The van der Waals surface area contributed by atoms with Crippen molar-refractivity contribution < 1.29 is 5.11 Å². The molecule has 0 aliphatic rings. The van der Waals surface area contributed by atoms with Gasteiger partial charge in [0, 0.05) is 0 Å². The smallest absolute Gasteiger partial charge is 0.119 e. The summed E-state index contributed by atoms with van der Waals surface area (Å²) in [5, 5.41) is 9.70. The third kappa shape index (κ3) is 1.82. The molecule has 0 unspecified atom stereocenters. The van der Waals surface area contributed by atoms with Gasteiger partial charge in [-0.15, -0.1) is 0 Å². The lowest BCUT2D eigenvalue weighted by atomic mass is 9.93. The molecule has 0 radical (unpaired) electrons. The van der Waals surface area contributed by atoms with Crippen LogP contribution in [0.4, 0.5) is 0 Å². The number of aromatic hydroxyl groups is 1. The van der Waals surface area contributed by atoms with Gasteiger partial charge in [-0.25, -0.2) is 0 Å². The van der Waals surface area contributed by atoms with Crippen molar-refractivity contribution in [2.75, 3.05) is 0 Å². The number of hydrogen-bond acceptors (Lipinski definition) is 1. The Kier molecular flexibility index (Phi) is 3.34. The van der Waals surface area contributed by atoms with Crippen LogP contribution in [0, 0.1) is 0 Å². The van der Waals surface area contributed by atoms with Crippen LogP contribution in [-0.4, -0.2) is 5.11 Å². The molecule has 0 amide bonds. The first kappa shape index (κ1) is 10.8. The van der Waals surface area contributed by atoms with Crippen molar-refractivity contribution in [1.29, 1.82) is 0 Å². The number of hydrogen-bond donors (Lipinski definition) is 1. The molecule has 76 valence electrons. The van der Waals surface area contributed by atoms with Crippen molar-refractivity contribution in [3.8, 4) is 5.75 Å². The largest absolute Gasteiger partial charge is 0.508 e. The lowest BCUT2D eigenvalue weighted by Gasteiger charge is -2.13. The summed E-state index contributed by atoms with van der Waals surface area (Å²) in [4.78, 5) is 0. The fourth-order valence-corrected chi connectivity index (χ4v) is 1.88. The summed E-state index contributed by atoms with van der Waals surface area (Å²) in [7, 11) is 0. The molecule has 0 saturated carbocycles. The molecule has 1 aromatic carbocycles. The molecule has 1 aromatic rings. The summed E-state index contributed by atoms with van der Waals surface area (Å²) in [6.07, 6.45) is 1.82. The van der Waals surface area contributed by atoms with Crippen LogP contribution in [0.25, 0.3) is 5.57 Å². The summed E-state index contributed by atoms with van der Waals surface area (Å²) in [5.74, 6) is 0.411. The maximum atomic E-state index is 9.70. The van der Waals surface area contributed by atoms with Crippen LogP contribution < -0.4 is 0 Å². The maximum Gasteiger partial charge on any atom is 0.119 e. The molecule has 14 heavy (non-hydrogen) atoms. The molecule has 0 aromatic heterocycles. The van der Waals surface area contributed by atoms with Crippen LogP contribution in [0.2, 0.25) is 0 Å². The fraction of sp³-hybridized carbons (Fsp3) is 0.385. The molecular formula is C13H18O.